The van der Waals surface area contributed by atoms with Gasteiger partial charge in [0.15, 0.2) is 0 Å². The largest absolute Gasteiger partial charge is 0.367 e. The molecule has 1 aliphatic heterocycles. The minimum absolute atomic E-state index is 0.175. The Balaban J connectivity index is 1.57. The van der Waals surface area contributed by atoms with Gasteiger partial charge in [0.1, 0.15) is 0 Å². The van der Waals surface area contributed by atoms with Crippen LogP contribution in [-0.2, 0) is 11.3 Å². The number of hydrogen-bond donors (Lipinski definition) is 0. The van der Waals surface area contributed by atoms with Gasteiger partial charge in [0.25, 0.3) is 0 Å². The van der Waals surface area contributed by atoms with Gasteiger partial charge in [-0.05, 0) is 34.5 Å². The third kappa shape index (κ3) is 4.32. The molecule has 0 fully saturated rings. The van der Waals surface area contributed by atoms with E-state index in [2.05, 4.69) is 21.3 Å². The Labute approximate surface area is 177 Å². The molecule has 27 heavy (non-hydrogen) atoms. The van der Waals surface area contributed by atoms with E-state index in [9.17, 15) is 0 Å². The highest BCUT2D eigenvalue weighted by molar-refractivity contribution is 7.18. The van der Waals surface area contributed by atoms with Crippen LogP contribution in [-0.4, -0.2) is 30.9 Å². The molecule has 2 aromatic carbocycles. The Morgan fingerprint density at radius 1 is 1.15 bits per heavy atom. The van der Waals surface area contributed by atoms with Crippen LogP contribution in [0.15, 0.2) is 46.8 Å². The number of rotatable bonds is 6. The van der Waals surface area contributed by atoms with Crippen LogP contribution in [0.4, 0.5) is 0 Å². The summed E-state index contributed by atoms with van der Waals surface area (Å²) in [6.07, 6.45) is 1.75. The molecular weight excluding hydrogens is 423 g/mol. The average molecular weight is 440 g/mol. The van der Waals surface area contributed by atoms with E-state index in [4.69, 9.17) is 39.5 Å². The second-order valence-corrected chi connectivity index (χ2v) is 8.52. The lowest BCUT2D eigenvalue weighted by molar-refractivity contribution is 0.0194. The molecule has 1 aliphatic rings. The highest BCUT2D eigenvalue weighted by Gasteiger charge is 2.21. The second kappa shape index (κ2) is 8.48. The number of aliphatic imine (C=N–C) groups is 1. The van der Waals surface area contributed by atoms with Gasteiger partial charge in [-0.3, -0.25) is 9.89 Å². The van der Waals surface area contributed by atoms with Gasteiger partial charge in [0, 0.05) is 34.9 Å². The molecule has 0 amide bonds. The molecule has 4 rings (SSSR count). The highest BCUT2D eigenvalue weighted by atomic mass is 35.5. The average Bonchev–Trinajstić information content (AvgIpc) is 3.29. The van der Waals surface area contributed by atoms with Gasteiger partial charge < -0.3 is 4.74 Å². The zero-order chi connectivity index (χ0) is 18.8. The zero-order valence-corrected chi connectivity index (χ0v) is 17.5. The fraction of sp³-hybridized carbons (Fsp3) is 0.250. The number of nitrogens with zero attached hydrogens (tertiary/aromatic N) is 2. The maximum absolute atomic E-state index is 6.46. The standard InChI is InChI=1S/C20H17Cl3N2OS/c21-14-4-5-16(18(23)8-14)19(9-25-7-6-24-12-25)26-10-13-11-27-20-15(13)2-1-3-17(20)22/h1-6,8,11,19H,7,9-10,12H2/t19-/m1/s1. The van der Waals surface area contributed by atoms with Gasteiger partial charge in [-0.15, -0.1) is 11.3 Å². The maximum Gasteiger partial charge on any atom is 0.0971 e. The molecule has 0 spiro atoms. The van der Waals surface area contributed by atoms with Crippen molar-refractivity contribution in [2.75, 3.05) is 19.8 Å². The molecule has 7 heteroatoms. The van der Waals surface area contributed by atoms with E-state index in [1.54, 1.807) is 17.4 Å². The molecular formula is C20H17Cl3N2OS. The first-order valence-electron chi connectivity index (χ1n) is 8.53. The molecule has 1 aromatic heterocycles. The van der Waals surface area contributed by atoms with Crippen molar-refractivity contribution in [3.8, 4) is 0 Å². The highest BCUT2D eigenvalue weighted by Crippen LogP contribution is 2.34. The third-order valence-electron chi connectivity index (χ3n) is 4.56. The summed E-state index contributed by atoms with van der Waals surface area (Å²) in [7, 11) is 0. The van der Waals surface area contributed by atoms with Crippen LogP contribution in [0.5, 0.6) is 0 Å². The van der Waals surface area contributed by atoms with Crippen molar-refractivity contribution in [3.05, 3.63) is 68.0 Å². The minimum Gasteiger partial charge on any atom is -0.367 e. The van der Waals surface area contributed by atoms with Gasteiger partial charge in [-0.1, -0.05) is 53.0 Å². The van der Waals surface area contributed by atoms with Crippen LogP contribution in [0, 0.1) is 0 Å². The monoisotopic (exact) mass is 438 g/mol. The van der Waals surface area contributed by atoms with Crippen LogP contribution in [0.2, 0.25) is 15.1 Å². The predicted octanol–water partition coefficient (Wildman–Crippen LogP) is 6.46. The fourth-order valence-corrected chi connectivity index (χ4v) is 4.95. The van der Waals surface area contributed by atoms with Crippen molar-refractivity contribution in [2.24, 2.45) is 4.99 Å². The van der Waals surface area contributed by atoms with Crippen molar-refractivity contribution in [1.82, 2.24) is 4.90 Å². The zero-order valence-electron chi connectivity index (χ0n) is 14.4. The number of thiophene rings is 1. The smallest absolute Gasteiger partial charge is 0.0971 e. The van der Waals surface area contributed by atoms with Crippen LogP contribution in [0.3, 0.4) is 0 Å². The van der Waals surface area contributed by atoms with Crippen molar-refractivity contribution < 1.29 is 4.74 Å². The van der Waals surface area contributed by atoms with Gasteiger partial charge in [0.2, 0.25) is 0 Å². The SMILES string of the molecule is Clc1ccc([C@@H](CN2CC=NC2)OCc2csc3c(Cl)cccc23)c(Cl)c1. The topological polar surface area (TPSA) is 24.8 Å². The molecule has 3 nitrogen and oxygen atoms in total. The Morgan fingerprint density at radius 3 is 2.81 bits per heavy atom. The molecule has 2 heterocycles. The third-order valence-corrected chi connectivity index (χ3v) is 6.62. The predicted molar refractivity (Wildman–Crippen MR) is 116 cm³/mol. The molecule has 0 saturated carbocycles. The van der Waals surface area contributed by atoms with Crippen LogP contribution in [0.1, 0.15) is 17.2 Å². The minimum atomic E-state index is -0.175. The molecule has 3 aromatic rings. The van der Waals surface area contributed by atoms with Crippen molar-refractivity contribution in [3.63, 3.8) is 0 Å². The second-order valence-electron chi connectivity index (χ2n) is 6.39. The van der Waals surface area contributed by atoms with E-state index >= 15 is 0 Å². The summed E-state index contributed by atoms with van der Waals surface area (Å²) in [5.74, 6) is 0. The molecule has 0 saturated heterocycles. The molecule has 1 atom stereocenters. The van der Waals surface area contributed by atoms with Crippen LogP contribution < -0.4 is 0 Å². The van der Waals surface area contributed by atoms with E-state index in [0.717, 1.165) is 32.8 Å². The number of ether oxygens (including phenoxy) is 1. The summed E-state index contributed by atoms with van der Waals surface area (Å²) in [6, 6.07) is 11.5. The fourth-order valence-electron chi connectivity index (χ4n) is 3.15. The van der Waals surface area contributed by atoms with Gasteiger partial charge >= 0.3 is 0 Å². The first kappa shape index (κ1) is 19.2. The number of benzene rings is 2. The molecule has 0 radical (unpaired) electrons. The first-order valence-corrected chi connectivity index (χ1v) is 10.5. The Kier molecular flexibility index (Phi) is 6.02. The van der Waals surface area contributed by atoms with Gasteiger partial charge in [-0.2, -0.15) is 0 Å². The summed E-state index contributed by atoms with van der Waals surface area (Å²) in [5.41, 5.74) is 2.07. The summed E-state index contributed by atoms with van der Waals surface area (Å²) in [5, 5.41) is 5.25. The maximum atomic E-state index is 6.46. The summed E-state index contributed by atoms with van der Waals surface area (Å²) in [4.78, 5) is 6.51. The number of fused-ring (bicyclic) bond motifs is 1. The molecule has 140 valence electrons. The van der Waals surface area contributed by atoms with Crippen molar-refractivity contribution >= 4 is 62.4 Å². The normalized spacial score (nSPS) is 15.7. The van der Waals surface area contributed by atoms with Gasteiger partial charge in [-0.25, -0.2) is 0 Å². The Morgan fingerprint density at radius 2 is 2.04 bits per heavy atom. The van der Waals surface area contributed by atoms with Gasteiger partial charge in [0.05, 0.1) is 29.1 Å². The lowest BCUT2D eigenvalue weighted by Crippen LogP contribution is -2.28. The lowest BCUT2D eigenvalue weighted by Gasteiger charge is -2.24. The molecule has 0 N–H and O–H groups in total. The Bertz CT molecular complexity index is 981. The lowest BCUT2D eigenvalue weighted by atomic mass is 10.1. The molecule has 0 bridgehead atoms. The number of hydrogen-bond acceptors (Lipinski definition) is 4. The van der Waals surface area contributed by atoms with Crippen molar-refractivity contribution in [2.45, 2.75) is 12.7 Å². The van der Waals surface area contributed by atoms with E-state index in [1.165, 1.54) is 0 Å². The molecule has 0 aliphatic carbocycles. The Hall–Kier alpha value is -1.14. The quantitative estimate of drug-likeness (QED) is 0.440. The van der Waals surface area contributed by atoms with Crippen molar-refractivity contribution in [1.29, 1.82) is 0 Å². The first-order chi connectivity index (χ1) is 13.1. The summed E-state index contributed by atoms with van der Waals surface area (Å²) < 4.78 is 7.43. The summed E-state index contributed by atoms with van der Waals surface area (Å²) in [6.45, 7) is 2.70. The van der Waals surface area contributed by atoms with Crippen LogP contribution >= 0.6 is 46.1 Å². The molecule has 0 unspecified atom stereocenters. The number of halogens is 3. The van der Waals surface area contributed by atoms with E-state index in [1.807, 2.05) is 30.5 Å². The van der Waals surface area contributed by atoms with Crippen LogP contribution in [0.25, 0.3) is 10.1 Å². The summed E-state index contributed by atoms with van der Waals surface area (Å²) >= 11 is 20.5. The van der Waals surface area contributed by atoms with E-state index in [-0.39, 0.29) is 6.10 Å². The van der Waals surface area contributed by atoms with E-state index < -0.39 is 0 Å². The van der Waals surface area contributed by atoms with E-state index in [0.29, 0.717) is 29.9 Å².